The van der Waals surface area contributed by atoms with Gasteiger partial charge in [-0.1, -0.05) is 0 Å². The van der Waals surface area contributed by atoms with E-state index < -0.39 is 5.97 Å². The van der Waals surface area contributed by atoms with Gasteiger partial charge >= 0.3 is 5.97 Å². The number of hydrogen-bond donors (Lipinski definition) is 2. The average Bonchev–Trinajstić information content (AvgIpc) is 2.53. The predicted molar refractivity (Wildman–Crippen MR) is 87.8 cm³/mol. The van der Waals surface area contributed by atoms with Crippen LogP contribution in [0.2, 0.25) is 0 Å². The van der Waals surface area contributed by atoms with Gasteiger partial charge in [-0.15, -0.1) is 0 Å². The fourth-order valence-electron chi connectivity index (χ4n) is 2.30. The van der Waals surface area contributed by atoms with Crippen LogP contribution in [0, 0.1) is 0 Å². The van der Waals surface area contributed by atoms with E-state index in [2.05, 4.69) is 5.32 Å². The second kappa shape index (κ2) is 9.54. The van der Waals surface area contributed by atoms with Crippen molar-refractivity contribution >= 4 is 17.7 Å². The highest BCUT2D eigenvalue weighted by atomic mass is 16.5. The first kappa shape index (κ1) is 19.5. The number of ether oxygens (including phenoxy) is 2. The fraction of sp³-hybridized carbons (Fsp3) is 0.471. The molecule has 0 spiro atoms. The molecular formula is C17H23NO6. The van der Waals surface area contributed by atoms with Gasteiger partial charge in [0.2, 0.25) is 5.91 Å². The van der Waals surface area contributed by atoms with Crippen molar-refractivity contribution in [3.8, 4) is 11.5 Å². The Kier molecular flexibility index (Phi) is 7.74. The number of hydrogen-bond acceptors (Lipinski definition) is 5. The molecule has 132 valence electrons. The number of Topliss-reactive ketones (excluding diaryl/α,β-unsaturated/α-hetero) is 1. The molecule has 0 saturated carbocycles. The average molecular weight is 337 g/mol. The molecule has 7 heteroatoms. The Morgan fingerprint density at radius 2 is 1.71 bits per heavy atom. The van der Waals surface area contributed by atoms with Crippen LogP contribution in [0.15, 0.2) is 12.1 Å². The molecule has 0 aromatic heterocycles. The molecule has 1 rings (SSSR count). The minimum atomic E-state index is -0.930. The van der Waals surface area contributed by atoms with Crippen LogP contribution in [0.25, 0.3) is 0 Å². The monoisotopic (exact) mass is 337 g/mol. The molecule has 0 radical (unpaired) electrons. The lowest BCUT2D eigenvalue weighted by molar-refractivity contribution is -0.137. The van der Waals surface area contributed by atoms with Gasteiger partial charge in [-0.2, -0.15) is 0 Å². The van der Waals surface area contributed by atoms with Crippen molar-refractivity contribution in [3.63, 3.8) is 0 Å². The second-order valence-electron chi connectivity index (χ2n) is 5.27. The van der Waals surface area contributed by atoms with Crippen LogP contribution < -0.4 is 14.8 Å². The lowest BCUT2D eigenvalue weighted by atomic mass is 9.97. The Hall–Kier alpha value is -2.57. The van der Waals surface area contributed by atoms with Crippen molar-refractivity contribution < 1.29 is 29.0 Å². The van der Waals surface area contributed by atoms with E-state index in [0.29, 0.717) is 30.0 Å². The van der Waals surface area contributed by atoms with E-state index in [-0.39, 0.29) is 31.0 Å². The standard InChI is InChI=1S/C17H23NO6/c1-11(19)18-8-7-12-9-15(23-2)16(24-3)10-13(12)14(20)5-4-6-17(21)22/h9-10H,4-8H2,1-3H3,(H,18,19)(H,21,22). The van der Waals surface area contributed by atoms with E-state index in [1.807, 2.05) is 0 Å². The van der Waals surface area contributed by atoms with E-state index >= 15 is 0 Å². The van der Waals surface area contributed by atoms with Gasteiger partial charge in [-0.3, -0.25) is 14.4 Å². The zero-order chi connectivity index (χ0) is 18.1. The molecule has 1 amide bonds. The fourth-order valence-corrected chi connectivity index (χ4v) is 2.30. The molecule has 1 aromatic carbocycles. The van der Waals surface area contributed by atoms with Gasteiger partial charge in [0.25, 0.3) is 0 Å². The Morgan fingerprint density at radius 3 is 2.25 bits per heavy atom. The summed E-state index contributed by atoms with van der Waals surface area (Å²) >= 11 is 0. The Labute approximate surface area is 141 Å². The van der Waals surface area contributed by atoms with Crippen LogP contribution in [0.4, 0.5) is 0 Å². The molecule has 0 aliphatic heterocycles. The molecule has 1 aromatic rings. The number of carbonyl (C=O) groups is 3. The number of nitrogens with one attached hydrogen (secondary N) is 1. The first-order valence-electron chi connectivity index (χ1n) is 7.63. The van der Waals surface area contributed by atoms with Gasteiger partial charge in [-0.25, -0.2) is 0 Å². The van der Waals surface area contributed by atoms with E-state index in [0.717, 1.165) is 5.56 Å². The van der Waals surface area contributed by atoms with Gasteiger partial charge in [0.1, 0.15) is 0 Å². The quantitative estimate of drug-likeness (QED) is 0.632. The van der Waals surface area contributed by atoms with Crippen LogP contribution in [-0.4, -0.2) is 43.5 Å². The summed E-state index contributed by atoms with van der Waals surface area (Å²) in [6.07, 6.45) is 0.808. The number of carboxylic acid groups (broad SMARTS) is 1. The van der Waals surface area contributed by atoms with Crippen LogP contribution >= 0.6 is 0 Å². The summed E-state index contributed by atoms with van der Waals surface area (Å²) in [7, 11) is 2.98. The zero-order valence-electron chi connectivity index (χ0n) is 14.2. The van der Waals surface area contributed by atoms with Gasteiger partial charge in [-0.05, 0) is 30.5 Å². The number of carboxylic acids is 1. The Morgan fingerprint density at radius 1 is 1.08 bits per heavy atom. The van der Waals surface area contributed by atoms with Crippen LogP contribution in [0.1, 0.15) is 42.1 Å². The van der Waals surface area contributed by atoms with Crippen molar-refractivity contribution in [2.24, 2.45) is 0 Å². The first-order valence-corrected chi connectivity index (χ1v) is 7.63. The third-order valence-corrected chi connectivity index (χ3v) is 3.47. The largest absolute Gasteiger partial charge is 0.493 e. The number of rotatable bonds is 10. The SMILES string of the molecule is COc1cc(CCNC(C)=O)c(C(=O)CCCC(=O)O)cc1OC. The molecule has 0 heterocycles. The lowest BCUT2D eigenvalue weighted by Gasteiger charge is -2.14. The summed E-state index contributed by atoms with van der Waals surface area (Å²) in [4.78, 5) is 34.0. The molecule has 0 aliphatic rings. The molecule has 24 heavy (non-hydrogen) atoms. The summed E-state index contributed by atoms with van der Waals surface area (Å²) in [5, 5.41) is 11.4. The molecule has 0 bridgehead atoms. The number of ketones is 1. The first-order chi connectivity index (χ1) is 11.4. The summed E-state index contributed by atoms with van der Waals surface area (Å²) in [6, 6.07) is 3.32. The van der Waals surface area contributed by atoms with E-state index in [1.54, 1.807) is 12.1 Å². The molecule has 0 atom stereocenters. The van der Waals surface area contributed by atoms with Gasteiger partial charge in [0.05, 0.1) is 14.2 Å². The third kappa shape index (κ3) is 5.91. The van der Waals surface area contributed by atoms with Crippen LogP contribution in [0.5, 0.6) is 11.5 Å². The van der Waals surface area contributed by atoms with E-state index in [1.165, 1.54) is 21.1 Å². The van der Waals surface area contributed by atoms with Crippen molar-refractivity contribution in [1.82, 2.24) is 5.32 Å². The normalized spacial score (nSPS) is 10.1. The Balaban J connectivity index is 3.01. The molecule has 0 unspecified atom stereocenters. The lowest BCUT2D eigenvalue weighted by Crippen LogP contribution is -2.23. The number of carbonyl (C=O) groups excluding carboxylic acids is 2. The third-order valence-electron chi connectivity index (χ3n) is 3.47. The highest BCUT2D eigenvalue weighted by Crippen LogP contribution is 2.31. The molecule has 0 saturated heterocycles. The Bertz CT molecular complexity index is 611. The smallest absolute Gasteiger partial charge is 0.303 e. The number of benzene rings is 1. The second-order valence-corrected chi connectivity index (χ2v) is 5.27. The minimum absolute atomic E-state index is 0.0553. The molecule has 0 fully saturated rings. The van der Waals surface area contributed by atoms with Crippen LogP contribution in [-0.2, 0) is 16.0 Å². The maximum absolute atomic E-state index is 12.4. The van der Waals surface area contributed by atoms with Gasteiger partial charge in [0.15, 0.2) is 17.3 Å². The highest BCUT2D eigenvalue weighted by Gasteiger charge is 2.17. The van der Waals surface area contributed by atoms with Gasteiger partial charge in [0, 0.05) is 31.9 Å². The summed E-state index contributed by atoms with van der Waals surface area (Å²) in [5.41, 5.74) is 1.19. The molecule has 7 nitrogen and oxygen atoms in total. The molecule has 0 aliphatic carbocycles. The summed E-state index contributed by atoms with van der Waals surface area (Å²) < 4.78 is 10.5. The predicted octanol–water partition coefficient (Wildman–Crippen LogP) is 1.82. The van der Waals surface area contributed by atoms with E-state index in [4.69, 9.17) is 14.6 Å². The number of methoxy groups -OCH3 is 2. The van der Waals surface area contributed by atoms with E-state index in [9.17, 15) is 14.4 Å². The van der Waals surface area contributed by atoms with Gasteiger partial charge < -0.3 is 19.9 Å². The maximum atomic E-state index is 12.4. The van der Waals surface area contributed by atoms with Crippen molar-refractivity contribution in [2.45, 2.75) is 32.6 Å². The summed E-state index contributed by atoms with van der Waals surface area (Å²) in [6.45, 7) is 1.81. The van der Waals surface area contributed by atoms with Crippen molar-refractivity contribution in [1.29, 1.82) is 0 Å². The molecular weight excluding hydrogens is 314 g/mol. The number of amides is 1. The minimum Gasteiger partial charge on any atom is -0.493 e. The molecule has 2 N–H and O–H groups in total. The topological polar surface area (TPSA) is 102 Å². The zero-order valence-corrected chi connectivity index (χ0v) is 14.2. The van der Waals surface area contributed by atoms with Crippen molar-refractivity contribution in [3.05, 3.63) is 23.3 Å². The summed E-state index contributed by atoms with van der Waals surface area (Å²) in [5.74, 6) is -0.305. The maximum Gasteiger partial charge on any atom is 0.303 e. The highest BCUT2D eigenvalue weighted by molar-refractivity contribution is 5.98. The van der Waals surface area contributed by atoms with Crippen LogP contribution in [0.3, 0.4) is 0 Å². The number of aliphatic carboxylic acids is 1. The van der Waals surface area contributed by atoms with Crippen molar-refractivity contribution in [2.75, 3.05) is 20.8 Å².